The minimum Gasteiger partial charge on any atom is -0.491 e. The van der Waals surface area contributed by atoms with Crippen LogP contribution in [-0.4, -0.2) is 45.9 Å². The number of benzene rings is 2. The number of rotatable bonds is 6. The third kappa shape index (κ3) is 5.33. The highest BCUT2D eigenvalue weighted by molar-refractivity contribution is 7.92. The predicted octanol–water partition coefficient (Wildman–Crippen LogP) is 2.76. The van der Waals surface area contributed by atoms with Gasteiger partial charge in [-0.1, -0.05) is 29.3 Å². The second-order valence-electron chi connectivity index (χ2n) is 7.05. The van der Waals surface area contributed by atoms with E-state index in [0.717, 1.165) is 16.1 Å². The average molecular weight is 439 g/mol. The van der Waals surface area contributed by atoms with Crippen LogP contribution in [0.1, 0.15) is 12.5 Å². The van der Waals surface area contributed by atoms with E-state index in [2.05, 4.69) is 5.32 Å². The van der Waals surface area contributed by atoms with Crippen molar-refractivity contribution in [1.29, 1.82) is 0 Å². The van der Waals surface area contributed by atoms with E-state index in [0.29, 0.717) is 16.5 Å². The van der Waals surface area contributed by atoms with E-state index in [-0.39, 0.29) is 24.9 Å². The first-order valence-electron chi connectivity index (χ1n) is 9.07. The van der Waals surface area contributed by atoms with Crippen LogP contribution in [0, 0.1) is 6.92 Å². The summed E-state index contributed by atoms with van der Waals surface area (Å²) in [6.07, 6.45) is 0.0935. The molecular formula is C20H23ClN2O5S. The molecule has 2 aromatic carbocycles. The third-order valence-corrected chi connectivity index (χ3v) is 5.77. The van der Waals surface area contributed by atoms with Crippen LogP contribution in [0.5, 0.6) is 11.5 Å². The molecule has 156 valence electrons. The molecule has 0 aliphatic carbocycles. The summed E-state index contributed by atoms with van der Waals surface area (Å²) in [5.74, 6) is 0.578. The number of carbonyl (C=O) groups excluding carboxylic acids is 1. The minimum atomic E-state index is -3.61. The highest BCUT2D eigenvalue weighted by atomic mass is 35.5. The Morgan fingerprint density at radius 3 is 2.66 bits per heavy atom. The molecule has 0 aromatic heterocycles. The van der Waals surface area contributed by atoms with E-state index in [1.54, 1.807) is 19.1 Å². The Labute approximate surface area is 175 Å². The predicted molar refractivity (Wildman–Crippen MR) is 112 cm³/mol. The molecule has 9 heteroatoms. The monoisotopic (exact) mass is 438 g/mol. The molecule has 7 nitrogen and oxygen atoms in total. The van der Waals surface area contributed by atoms with Crippen LogP contribution >= 0.6 is 11.6 Å². The van der Waals surface area contributed by atoms with E-state index in [1.807, 2.05) is 31.2 Å². The van der Waals surface area contributed by atoms with Gasteiger partial charge in [-0.15, -0.1) is 0 Å². The quantitative estimate of drug-likeness (QED) is 0.749. The van der Waals surface area contributed by atoms with E-state index >= 15 is 0 Å². The molecule has 3 rings (SSSR count). The molecule has 2 aromatic rings. The molecular weight excluding hydrogens is 416 g/mol. The maximum Gasteiger partial charge on any atom is 0.263 e. The lowest BCUT2D eigenvalue weighted by Gasteiger charge is -2.34. The maximum atomic E-state index is 12.7. The number of amides is 1. The van der Waals surface area contributed by atoms with Crippen molar-refractivity contribution in [3.05, 3.63) is 53.1 Å². The first-order chi connectivity index (χ1) is 13.6. The summed E-state index contributed by atoms with van der Waals surface area (Å²) >= 11 is 5.98. The summed E-state index contributed by atoms with van der Waals surface area (Å²) in [6, 6.07) is 11.9. The lowest BCUT2D eigenvalue weighted by Crippen LogP contribution is -2.52. The molecule has 0 saturated carbocycles. The van der Waals surface area contributed by atoms with Gasteiger partial charge in [-0.3, -0.25) is 9.10 Å². The number of nitrogens with zero attached hydrogens (tertiary/aromatic N) is 1. The number of halogens is 1. The number of aryl methyl sites for hydroxylation is 1. The molecule has 0 radical (unpaired) electrons. The molecule has 0 bridgehead atoms. The Bertz CT molecular complexity index is 994. The molecule has 0 saturated heterocycles. The zero-order chi connectivity index (χ0) is 21.2. The van der Waals surface area contributed by atoms with E-state index < -0.39 is 22.0 Å². The van der Waals surface area contributed by atoms with Crippen molar-refractivity contribution in [3.63, 3.8) is 0 Å². The van der Waals surface area contributed by atoms with Gasteiger partial charge >= 0.3 is 0 Å². The smallest absolute Gasteiger partial charge is 0.263 e. The molecule has 1 heterocycles. The summed E-state index contributed by atoms with van der Waals surface area (Å²) in [5, 5.41) is 3.19. The van der Waals surface area contributed by atoms with Crippen molar-refractivity contribution >= 4 is 33.2 Å². The summed E-state index contributed by atoms with van der Waals surface area (Å²) < 4.78 is 37.0. The largest absolute Gasteiger partial charge is 0.491 e. The Hall–Kier alpha value is -2.45. The van der Waals surface area contributed by atoms with Crippen LogP contribution in [0.3, 0.4) is 0 Å². The van der Waals surface area contributed by atoms with Gasteiger partial charge in [-0.2, -0.15) is 0 Å². The van der Waals surface area contributed by atoms with Crippen molar-refractivity contribution in [2.24, 2.45) is 0 Å². The maximum absolute atomic E-state index is 12.7. The Kier molecular flexibility index (Phi) is 6.24. The lowest BCUT2D eigenvalue weighted by molar-refractivity contribution is -0.128. The number of fused-ring (bicyclic) bond motifs is 1. The number of carbonyl (C=O) groups is 1. The van der Waals surface area contributed by atoms with Gasteiger partial charge in [0.1, 0.15) is 18.1 Å². The summed E-state index contributed by atoms with van der Waals surface area (Å²) in [5.41, 5.74) is 1.45. The fourth-order valence-electron chi connectivity index (χ4n) is 2.91. The van der Waals surface area contributed by atoms with Gasteiger partial charge in [0.15, 0.2) is 6.10 Å². The van der Waals surface area contributed by atoms with Crippen molar-refractivity contribution < 1.29 is 22.7 Å². The standard InChI is InChI=1S/C20H23ClN2O5S/c1-13-4-7-16(8-5-13)27-12-14(2)22-20(24)19-11-23(29(3,25)26)17-10-15(21)6-9-18(17)28-19/h4-10,14,19H,11-12H2,1-3H3,(H,22,24)/t14-,19+/m1/s1. The lowest BCUT2D eigenvalue weighted by atomic mass is 10.2. The van der Waals surface area contributed by atoms with Gasteiger partial charge < -0.3 is 14.8 Å². The molecule has 29 heavy (non-hydrogen) atoms. The normalized spacial score (nSPS) is 17.1. The second-order valence-corrected chi connectivity index (χ2v) is 9.39. The van der Waals surface area contributed by atoms with Gasteiger partial charge in [0.2, 0.25) is 10.0 Å². The SMILES string of the molecule is Cc1ccc(OC[C@@H](C)NC(=O)[C@@H]2CN(S(C)(=O)=O)c3cc(Cl)ccc3O2)cc1. The van der Waals surface area contributed by atoms with Gasteiger partial charge in [-0.25, -0.2) is 8.42 Å². The summed E-state index contributed by atoms with van der Waals surface area (Å²) in [4.78, 5) is 12.7. The molecule has 0 unspecified atom stereocenters. The van der Waals surface area contributed by atoms with Crippen LogP contribution in [0.2, 0.25) is 5.02 Å². The summed E-state index contributed by atoms with van der Waals surface area (Å²) in [6.45, 7) is 3.92. The fraction of sp³-hybridized carbons (Fsp3) is 0.350. The Balaban J connectivity index is 1.66. The Morgan fingerprint density at radius 1 is 1.31 bits per heavy atom. The summed E-state index contributed by atoms with van der Waals surface area (Å²) in [7, 11) is -3.61. The van der Waals surface area contributed by atoms with Crippen LogP contribution in [-0.2, 0) is 14.8 Å². The van der Waals surface area contributed by atoms with Crippen molar-refractivity contribution in [2.75, 3.05) is 23.7 Å². The van der Waals surface area contributed by atoms with Gasteiger partial charge in [0.05, 0.1) is 24.5 Å². The van der Waals surface area contributed by atoms with Crippen LogP contribution in [0.15, 0.2) is 42.5 Å². The first kappa shape index (κ1) is 21.3. The van der Waals surface area contributed by atoms with Crippen molar-refractivity contribution in [2.45, 2.75) is 26.0 Å². The van der Waals surface area contributed by atoms with Crippen LogP contribution in [0.4, 0.5) is 5.69 Å². The van der Waals surface area contributed by atoms with Gasteiger partial charge in [0.25, 0.3) is 5.91 Å². The van der Waals surface area contributed by atoms with Crippen molar-refractivity contribution in [1.82, 2.24) is 5.32 Å². The highest BCUT2D eigenvalue weighted by Crippen LogP contribution is 2.37. The molecule has 0 fully saturated rings. The molecule has 1 aliphatic heterocycles. The number of ether oxygens (including phenoxy) is 2. The van der Waals surface area contributed by atoms with Gasteiger partial charge in [0, 0.05) is 5.02 Å². The number of hydrogen-bond donors (Lipinski definition) is 1. The van der Waals surface area contributed by atoms with E-state index in [1.165, 1.54) is 6.07 Å². The molecule has 1 amide bonds. The molecule has 2 atom stereocenters. The topological polar surface area (TPSA) is 84.9 Å². The number of sulfonamides is 1. The van der Waals surface area contributed by atoms with Crippen LogP contribution in [0.25, 0.3) is 0 Å². The van der Waals surface area contributed by atoms with Crippen molar-refractivity contribution in [3.8, 4) is 11.5 Å². The first-order valence-corrected chi connectivity index (χ1v) is 11.3. The molecule has 1 N–H and O–H groups in total. The number of hydrogen-bond acceptors (Lipinski definition) is 5. The number of nitrogens with one attached hydrogen (secondary N) is 1. The zero-order valence-corrected chi connectivity index (χ0v) is 18.0. The Morgan fingerprint density at radius 2 is 2.00 bits per heavy atom. The molecule has 1 aliphatic rings. The zero-order valence-electron chi connectivity index (χ0n) is 16.4. The fourth-order valence-corrected chi connectivity index (χ4v) is 3.98. The third-order valence-electron chi connectivity index (χ3n) is 4.39. The molecule has 0 spiro atoms. The average Bonchev–Trinajstić information content (AvgIpc) is 2.65. The van der Waals surface area contributed by atoms with E-state index in [9.17, 15) is 13.2 Å². The number of anilines is 1. The second kappa shape index (κ2) is 8.51. The van der Waals surface area contributed by atoms with Gasteiger partial charge in [-0.05, 0) is 44.2 Å². The minimum absolute atomic E-state index is 0.135. The van der Waals surface area contributed by atoms with E-state index in [4.69, 9.17) is 21.1 Å². The van der Waals surface area contributed by atoms with Crippen LogP contribution < -0.4 is 19.1 Å². The highest BCUT2D eigenvalue weighted by Gasteiger charge is 2.35.